The van der Waals surface area contributed by atoms with Gasteiger partial charge in [-0.3, -0.25) is 9.59 Å². The molecule has 0 aromatic rings. The molecule has 18 atom stereocenters. The summed E-state index contributed by atoms with van der Waals surface area (Å²) in [6, 6.07) is -2.56. The van der Waals surface area contributed by atoms with Gasteiger partial charge in [-0.1, -0.05) is 192 Å². The summed E-state index contributed by atoms with van der Waals surface area (Å²) in [6.07, 6.45) is 12.1. The Hall–Kier alpha value is -2.79. The molecule has 18 unspecified atom stereocenters. The Bertz CT molecular complexity index is 1850. The van der Waals surface area contributed by atoms with Crippen molar-refractivity contribution < 1.29 is 104 Å². The van der Waals surface area contributed by atoms with Crippen LogP contribution in [0.4, 0.5) is 0 Å². The van der Waals surface area contributed by atoms with E-state index in [4.69, 9.17) is 28.4 Å². The van der Waals surface area contributed by atoms with Gasteiger partial charge in [0, 0.05) is 19.8 Å². The van der Waals surface area contributed by atoms with Crippen molar-refractivity contribution in [3.63, 3.8) is 0 Å². The van der Waals surface area contributed by atoms with Crippen LogP contribution in [0.2, 0.25) is 0 Å². The van der Waals surface area contributed by atoms with Gasteiger partial charge in [0.1, 0.15) is 67.1 Å². The molecular formula is C63H114N2O21. The predicted octanol–water partition coefficient (Wildman–Crippen LogP) is 4.50. The summed E-state index contributed by atoms with van der Waals surface area (Å²) in [7, 11) is 0. The lowest BCUT2D eigenvalue weighted by atomic mass is 9.88. The molecule has 3 aliphatic rings. The number of hydrogen-bond donors (Lipinski definition) is 14. The second-order valence-corrected chi connectivity index (χ2v) is 24.0. The third kappa shape index (κ3) is 27.8. The molecule has 3 aliphatic heterocycles. The number of amides is 2. The summed E-state index contributed by atoms with van der Waals surface area (Å²) in [6.45, 7) is 2.13. The van der Waals surface area contributed by atoms with Crippen LogP contribution in [0, 0.1) is 0 Å². The molecule has 86 heavy (non-hydrogen) atoms. The first-order valence-corrected chi connectivity index (χ1v) is 32.7. The number of carbonyl (C=O) groups excluding carboxylic acids is 2. The third-order valence-corrected chi connectivity index (χ3v) is 16.7. The van der Waals surface area contributed by atoms with Crippen molar-refractivity contribution in [3.8, 4) is 0 Å². The van der Waals surface area contributed by atoms with E-state index in [9.17, 15) is 75.7 Å². The molecule has 3 saturated heterocycles. The molecule has 3 rings (SSSR count). The minimum atomic E-state index is -3.08. The number of nitrogens with one attached hydrogen (secondary N) is 2. The number of ether oxygens (including phenoxy) is 6. The largest absolute Gasteiger partial charge is 0.477 e. The van der Waals surface area contributed by atoms with Gasteiger partial charge >= 0.3 is 5.97 Å². The molecule has 0 bridgehead atoms. The molecule has 0 saturated carbocycles. The molecule has 2 amide bonds. The van der Waals surface area contributed by atoms with E-state index in [2.05, 4.69) is 36.6 Å². The van der Waals surface area contributed by atoms with E-state index in [-0.39, 0.29) is 12.3 Å². The van der Waals surface area contributed by atoms with Crippen LogP contribution in [0.1, 0.15) is 220 Å². The van der Waals surface area contributed by atoms with Crippen LogP contribution in [0.5, 0.6) is 0 Å². The maximum atomic E-state index is 13.4. The highest BCUT2D eigenvalue weighted by Gasteiger charge is 2.60. The van der Waals surface area contributed by atoms with Crippen LogP contribution in [-0.2, 0) is 42.8 Å². The van der Waals surface area contributed by atoms with Crippen molar-refractivity contribution in [2.24, 2.45) is 0 Å². The molecule has 3 fully saturated rings. The highest BCUT2D eigenvalue weighted by atomic mass is 16.8. The first-order valence-electron chi connectivity index (χ1n) is 32.7. The Morgan fingerprint density at radius 1 is 0.605 bits per heavy atom. The van der Waals surface area contributed by atoms with Crippen LogP contribution in [0.25, 0.3) is 0 Å². The zero-order valence-electron chi connectivity index (χ0n) is 51.9. The van der Waals surface area contributed by atoms with Crippen molar-refractivity contribution in [1.82, 2.24) is 10.6 Å². The topological polar surface area (TPSA) is 373 Å². The van der Waals surface area contributed by atoms with E-state index in [0.717, 1.165) is 51.9 Å². The van der Waals surface area contributed by atoms with E-state index in [1.807, 2.05) is 12.2 Å². The minimum absolute atomic E-state index is 0.117. The molecule has 502 valence electrons. The van der Waals surface area contributed by atoms with Crippen molar-refractivity contribution in [1.29, 1.82) is 0 Å². The number of carboxylic acids is 1. The number of aliphatic hydroxyl groups excluding tert-OH is 11. The fraction of sp³-hybridized carbons (Fsp3) is 0.889. The van der Waals surface area contributed by atoms with E-state index < -0.39 is 155 Å². The number of aliphatic carboxylic acids is 1. The Morgan fingerprint density at radius 3 is 1.63 bits per heavy atom. The van der Waals surface area contributed by atoms with Crippen molar-refractivity contribution >= 4 is 17.8 Å². The molecular weight excluding hydrogens is 1120 g/mol. The highest BCUT2D eigenvalue weighted by molar-refractivity contribution is 5.77. The summed E-state index contributed by atoms with van der Waals surface area (Å²) in [5, 5.41) is 136. The highest BCUT2D eigenvalue weighted by Crippen LogP contribution is 2.38. The number of rotatable bonds is 48. The average molecular weight is 1240 g/mol. The van der Waals surface area contributed by atoms with E-state index in [1.165, 1.54) is 122 Å². The van der Waals surface area contributed by atoms with Gasteiger partial charge in [-0.2, -0.15) is 0 Å². The van der Waals surface area contributed by atoms with Gasteiger partial charge in [0.05, 0.1) is 50.7 Å². The summed E-state index contributed by atoms with van der Waals surface area (Å²) in [5.41, 5.74) is 0. The van der Waals surface area contributed by atoms with Crippen LogP contribution in [0.15, 0.2) is 24.3 Å². The molecule has 0 aliphatic carbocycles. The van der Waals surface area contributed by atoms with E-state index in [0.29, 0.717) is 19.3 Å². The Labute approximate surface area is 511 Å². The SMILES string of the molecule is CCCCCCCC/C=C\C/C=C\CCC(=O)NC(COC1OC(CO)C(OC2OC(CO)C(O)C(OC3(C(=O)O)CC(O)C(NC(C)=O)C(C(O)C(O)CO)O3)C2O)C(O)C1O)C(O)CCCCCCCCCCCCCCCCCCCCC. The first kappa shape index (κ1) is 77.5. The molecule has 0 aromatic heterocycles. The molecule has 23 heteroatoms. The second-order valence-electron chi connectivity index (χ2n) is 24.0. The van der Waals surface area contributed by atoms with Crippen LogP contribution in [0.3, 0.4) is 0 Å². The summed E-state index contributed by atoms with van der Waals surface area (Å²) in [4.78, 5) is 38.4. The Balaban J connectivity index is 1.63. The van der Waals surface area contributed by atoms with Crippen molar-refractivity contribution in [2.45, 2.75) is 330 Å². The maximum Gasteiger partial charge on any atom is 0.364 e. The number of hydrogen-bond acceptors (Lipinski definition) is 20. The predicted molar refractivity (Wildman–Crippen MR) is 320 cm³/mol. The number of unbranched alkanes of at least 4 members (excludes halogenated alkanes) is 24. The number of allylic oxidation sites excluding steroid dienone is 4. The first-order chi connectivity index (χ1) is 41.4. The summed E-state index contributed by atoms with van der Waals surface area (Å²) >= 11 is 0. The van der Waals surface area contributed by atoms with Gasteiger partial charge in [0.25, 0.3) is 5.79 Å². The molecule has 0 spiro atoms. The Kier molecular flexibility index (Phi) is 40.2. The second kappa shape index (κ2) is 44.6. The molecule has 0 radical (unpaired) electrons. The van der Waals surface area contributed by atoms with Gasteiger partial charge in [0.2, 0.25) is 11.8 Å². The smallest absolute Gasteiger partial charge is 0.364 e. The lowest BCUT2D eigenvalue weighted by Gasteiger charge is -2.50. The quantitative estimate of drug-likeness (QED) is 0.0294. The standard InChI is InChI=1S/C63H114N2O21/c1-4-6-8-10-12-14-16-18-19-20-21-22-23-25-26-28-30-32-34-36-45(70)44(65-50(73)37-35-33-31-29-27-24-17-15-13-11-9-7-5-2)42-81-60-55(77)54(76)57(49(41-68)83-60)84-61-56(78)59(53(75)48(40-67)82-61)86-63(62(79)80)38-46(71)51(64-43(3)69)58(85-63)52(74)47(72)39-66/h24,27,31,33,44-49,51-61,66-68,70-72,74-78H,4-23,25-26,28-30,32,34-42H2,1-3H3,(H,64,69)(H,65,73)(H,79,80)/b27-24-,33-31-. The Morgan fingerprint density at radius 2 is 1.12 bits per heavy atom. The number of aliphatic hydroxyl groups is 11. The van der Waals surface area contributed by atoms with Crippen LogP contribution < -0.4 is 10.6 Å². The van der Waals surface area contributed by atoms with E-state index >= 15 is 0 Å². The van der Waals surface area contributed by atoms with Crippen molar-refractivity contribution in [3.05, 3.63) is 24.3 Å². The van der Waals surface area contributed by atoms with Crippen molar-refractivity contribution in [2.75, 3.05) is 26.4 Å². The monoisotopic (exact) mass is 1230 g/mol. The van der Waals surface area contributed by atoms with Crippen LogP contribution >= 0.6 is 0 Å². The molecule has 23 nitrogen and oxygen atoms in total. The van der Waals surface area contributed by atoms with Gasteiger partial charge in [-0.25, -0.2) is 4.79 Å². The zero-order chi connectivity index (χ0) is 63.3. The van der Waals surface area contributed by atoms with E-state index in [1.54, 1.807) is 0 Å². The molecule has 0 aromatic carbocycles. The summed E-state index contributed by atoms with van der Waals surface area (Å²) < 4.78 is 34.7. The minimum Gasteiger partial charge on any atom is -0.477 e. The van der Waals surface area contributed by atoms with Gasteiger partial charge < -0.3 is 100 Å². The fourth-order valence-electron chi connectivity index (χ4n) is 11.4. The molecule has 14 N–H and O–H groups in total. The maximum absolute atomic E-state index is 13.4. The lowest BCUT2D eigenvalue weighted by molar-refractivity contribution is -0.386. The third-order valence-electron chi connectivity index (χ3n) is 16.7. The molecule has 3 heterocycles. The average Bonchev–Trinajstić information content (AvgIpc) is 1.67. The lowest BCUT2D eigenvalue weighted by Crippen LogP contribution is -2.70. The van der Waals surface area contributed by atoms with Gasteiger partial charge in [-0.05, 0) is 32.1 Å². The van der Waals surface area contributed by atoms with Gasteiger partial charge in [0.15, 0.2) is 12.6 Å². The number of carboxylic acid groups (broad SMARTS) is 1. The van der Waals surface area contributed by atoms with Crippen LogP contribution in [-0.4, -0.2) is 215 Å². The zero-order valence-corrected chi connectivity index (χ0v) is 51.9. The summed E-state index contributed by atoms with van der Waals surface area (Å²) in [5.74, 6) is -6.18. The number of carbonyl (C=O) groups is 3. The van der Waals surface area contributed by atoms with Gasteiger partial charge in [-0.15, -0.1) is 0 Å². The normalized spacial score (nSPS) is 29.5. The fourth-order valence-corrected chi connectivity index (χ4v) is 11.4.